The largest absolute Gasteiger partial charge is 0.466 e. The number of hydrogen-bond donors (Lipinski definition) is 1. The molecule has 9 heteroatoms. The van der Waals surface area contributed by atoms with Crippen LogP contribution in [0.2, 0.25) is 0 Å². The SMILES string of the molecule is CCOC(=O)CCNC(=O)C(c1cccnc1)N(C(=O)c1cocn1)c1ccc(C(C)(C)C)cc1. The number of rotatable bonds is 9. The van der Waals surface area contributed by atoms with Crippen LogP contribution in [0.15, 0.2) is 65.9 Å². The van der Waals surface area contributed by atoms with Gasteiger partial charge in [-0.1, -0.05) is 39.0 Å². The van der Waals surface area contributed by atoms with Gasteiger partial charge in [0, 0.05) is 30.2 Å². The minimum atomic E-state index is -1.07. The van der Waals surface area contributed by atoms with Gasteiger partial charge < -0.3 is 14.5 Å². The second-order valence-corrected chi connectivity index (χ2v) is 8.88. The number of pyridine rings is 1. The third kappa shape index (κ3) is 6.53. The number of carbonyl (C=O) groups is 3. The van der Waals surface area contributed by atoms with Crippen LogP contribution in [-0.4, -0.2) is 40.9 Å². The Morgan fingerprint density at radius 2 is 1.89 bits per heavy atom. The summed E-state index contributed by atoms with van der Waals surface area (Å²) in [6.45, 7) is 8.31. The van der Waals surface area contributed by atoms with Crippen LogP contribution in [0.4, 0.5) is 5.69 Å². The van der Waals surface area contributed by atoms with Gasteiger partial charge in [0.25, 0.3) is 5.91 Å². The van der Waals surface area contributed by atoms with Crippen LogP contribution in [0.1, 0.15) is 61.8 Å². The molecule has 9 nitrogen and oxygen atoms in total. The van der Waals surface area contributed by atoms with E-state index in [1.165, 1.54) is 17.4 Å². The summed E-state index contributed by atoms with van der Waals surface area (Å²) >= 11 is 0. The van der Waals surface area contributed by atoms with Gasteiger partial charge in [-0.05, 0) is 36.1 Å². The van der Waals surface area contributed by atoms with Crippen LogP contribution in [0.25, 0.3) is 0 Å². The number of nitrogens with zero attached hydrogens (tertiary/aromatic N) is 3. The minimum Gasteiger partial charge on any atom is -0.466 e. The molecule has 0 spiro atoms. The number of esters is 1. The molecule has 2 heterocycles. The number of hydrogen-bond acceptors (Lipinski definition) is 7. The zero-order chi connectivity index (χ0) is 25.4. The molecule has 0 saturated carbocycles. The van der Waals surface area contributed by atoms with Crippen molar-refractivity contribution in [1.29, 1.82) is 0 Å². The number of benzene rings is 1. The molecule has 0 radical (unpaired) electrons. The molecule has 0 saturated heterocycles. The maximum atomic E-state index is 13.6. The van der Waals surface area contributed by atoms with E-state index < -0.39 is 23.8 Å². The first kappa shape index (κ1) is 25.6. The quantitative estimate of drug-likeness (QED) is 0.465. The van der Waals surface area contributed by atoms with Crippen molar-refractivity contribution in [2.75, 3.05) is 18.1 Å². The van der Waals surface area contributed by atoms with Gasteiger partial charge in [0.2, 0.25) is 5.91 Å². The minimum absolute atomic E-state index is 0.0108. The molecule has 184 valence electrons. The Morgan fingerprint density at radius 3 is 2.46 bits per heavy atom. The van der Waals surface area contributed by atoms with E-state index in [-0.39, 0.29) is 30.7 Å². The van der Waals surface area contributed by atoms with Crippen LogP contribution in [0.5, 0.6) is 0 Å². The molecule has 1 atom stereocenters. The molecule has 35 heavy (non-hydrogen) atoms. The van der Waals surface area contributed by atoms with Crippen LogP contribution < -0.4 is 10.2 Å². The fourth-order valence-corrected chi connectivity index (χ4v) is 3.52. The third-order valence-corrected chi connectivity index (χ3v) is 5.32. The number of oxazole rings is 1. The van der Waals surface area contributed by atoms with Crippen molar-refractivity contribution in [3.8, 4) is 0 Å². The van der Waals surface area contributed by atoms with Gasteiger partial charge in [0.05, 0.1) is 13.0 Å². The first-order chi connectivity index (χ1) is 16.7. The van der Waals surface area contributed by atoms with Crippen LogP contribution in [0, 0.1) is 0 Å². The van der Waals surface area contributed by atoms with Crippen LogP contribution in [-0.2, 0) is 19.7 Å². The lowest BCUT2D eigenvalue weighted by Crippen LogP contribution is -2.44. The molecule has 3 aromatic rings. The summed E-state index contributed by atoms with van der Waals surface area (Å²) in [7, 11) is 0. The van der Waals surface area contributed by atoms with Crippen molar-refractivity contribution >= 4 is 23.5 Å². The van der Waals surface area contributed by atoms with E-state index in [1.807, 2.05) is 12.1 Å². The first-order valence-electron chi connectivity index (χ1n) is 11.4. The van der Waals surface area contributed by atoms with Gasteiger partial charge in [-0.2, -0.15) is 0 Å². The first-order valence-corrected chi connectivity index (χ1v) is 11.4. The predicted molar refractivity (Wildman–Crippen MR) is 130 cm³/mol. The van der Waals surface area contributed by atoms with E-state index in [4.69, 9.17) is 9.15 Å². The molecule has 3 rings (SSSR count). The highest BCUT2D eigenvalue weighted by atomic mass is 16.5. The molecule has 0 bridgehead atoms. The van der Waals surface area contributed by atoms with Crippen molar-refractivity contribution in [1.82, 2.24) is 15.3 Å². The lowest BCUT2D eigenvalue weighted by molar-refractivity contribution is -0.143. The number of aromatic nitrogens is 2. The molecular formula is C26H30N4O5. The van der Waals surface area contributed by atoms with Gasteiger partial charge in [0.1, 0.15) is 12.3 Å². The predicted octanol–water partition coefficient (Wildman–Crippen LogP) is 3.82. The third-order valence-electron chi connectivity index (χ3n) is 5.32. The number of ether oxygens (including phenoxy) is 1. The van der Waals surface area contributed by atoms with Gasteiger partial charge in [-0.15, -0.1) is 0 Å². The van der Waals surface area contributed by atoms with Gasteiger partial charge in [-0.3, -0.25) is 24.3 Å². The molecule has 1 aromatic carbocycles. The fraction of sp³-hybridized carbons (Fsp3) is 0.346. The van der Waals surface area contributed by atoms with Crippen molar-refractivity contribution in [3.05, 3.63) is 78.3 Å². The summed E-state index contributed by atoms with van der Waals surface area (Å²) in [6, 6.07) is 9.79. The highest BCUT2D eigenvalue weighted by Gasteiger charge is 2.34. The summed E-state index contributed by atoms with van der Waals surface area (Å²) < 4.78 is 9.95. The topological polar surface area (TPSA) is 115 Å². The van der Waals surface area contributed by atoms with Crippen molar-refractivity contribution in [3.63, 3.8) is 0 Å². The Morgan fingerprint density at radius 1 is 1.14 bits per heavy atom. The lowest BCUT2D eigenvalue weighted by atomic mass is 9.87. The van der Waals surface area contributed by atoms with Crippen molar-refractivity contribution in [2.24, 2.45) is 0 Å². The zero-order valence-corrected chi connectivity index (χ0v) is 20.4. The Labute approximate surface area is 204 Å². The Kier molecular flexibility index (Phi) is 8.35. The summed E-state index contributed by atoms with van der Waals surface area (Å²) in [5.41, 5.74) is 2.04. The Bertz CT molecular complexity index is 1120. The number of anilines is 1. The average molecular weight is 479 g/mol. The summed E-state index contributed by atoms with van der Waals surface area (Å²) in [5.74, 6) is -1.41. The molecule has 1 N–H and O–H groups in total. The maximum Gasteiger partial charge on any atom is 0.307 e. The highest BCUT2D eigenvalue weighted by molar-refractivity contribution is 6.09. The van der Waals surface area contributed by atoms with E-state index in [0.29, 0.717) is 11.3 Å². The standard InChI is InChI=1S/C26H30N4O5/c1-5-35-22(31)12-14-28-24(32)23(18-7-6-13-27-15-18)30(25(33)21-16-34-17-29-21)20-10-8-19(9-11-20)26(2,3)4/h6-11,13,15-17,23H,5,12,14H2,1-4H3,(H,28,32). The monoisotopic (exact) mass is 478 g/mol. The Hall–Kier alpha value is -4.01. The van der Waals surface area contributed by atoms with E-state index >= 15 is 0 Å². The van der Waals surface area contributed by atoms with Gasteiger partial charge in [0.15, 0.2) is 12.1 Å². The summed E-state index contributed by atoms with van der Waals surface area (Å²) in [6.07, 6.45) is 5.52. The molecular weight excluding hydrogens is 448 g/mol. The second-order valence-electron chi connectivity index (χ2n) is 8.88. The smallest absolute Gasteiger partial charge is 0.307 e. The number of carbonyl (C=O) groups excluding carboxylic acids is 3. The average Bonchev–Trinajstić information content (AvgIpc) is 3.37. The highest BCUT2D eigenvalue weighted by Crippen LogP contribution is 2.31. The van der Waals surface area contributed by atoms with E-state index in [0.717, 1.165) is 12.0 Å². The molecule has 0 aliphatic rings. The fourth-order valence-electron chi connectivity index (χ4n) is 3.52. The zero-order valence-electron chi connectivity index (χ0n) is 20.4. The van der Waals surface area contributed by atoms with E-state index in [9.17, 15) is 14.4 Å². The molecule has 2 amide bonds. The lowest BCUT2D eigenvalue weighted by Gasteiger charge is -2.31. The molecule has 0 fully saturated rings. The Balaban J connectivity index is 2.01. The molecule has 1 unspecified atom stereocenters. The summed E-state index contributed by atoms with van der Waals surface area (Å²) in [5, 5.41) is 2.75. The van der Waals surface area contributed by atoms with Gasteiger partial charge in [-0.25, -0.2) is 4.98 Å². The van der Waals surface area contributed by atoms with Crippen molar-refractivity contribution in [2.45, 2.75) is 45.6 Å². The molecule has 2 aromatic heterocycles. The second kappa shape index (κ2) is 11.4. The van der Waals surface area contributed by atoms with E-state index in [1.54, 1.807) is 37.4 Å². The molecule has 0 aliphatic carbocycles. The number of amides is 2. The molecule has 0 aliphatic heterocycles. The van der Waals surface area contributed by atoms with E-state index in [2.05, 4.69) is 36.1 Å². The maximum absolute atomic E-state index is 13.6. The number of nitrogens with one attached hydrogen (secondary N) is 1. The summed E-state index contributed by atoms with van der Waals surface area (Å²) in [4.78, 5) is 48.3. The van der Waals surface area contributed by atoms with Crippen LogP contribution in [0.3, 0.4) is 0 Å². The van der Waals surface area contributed by atoms with Crippen LogP contribution >= 0.6 is 0 Å². The van der Waals surface area contributed by atoms with Crippen molar-refractivity contribution < 1.29 is 23.5 Å². The normalized spacial score (nSPS) is 12.0. The van der Waals surface area contributed by atoms with Gasteiger partial charge >= 0.3 is 5.97 Å².